The van der Waals surface area contributed by atoms with E-state index in [0.717, 1.165) is 24.3 Å². The summed E-state index contributed by atoms with van der Waals surface area (Å²) < 4.78 is 0. The number of nitrogens with one attached hydrogen (secondary N) is 1. The van der Waals surface area contributed by atoms with Crippen molar-refractivity contribution in [2.75, 3.05) is 24.1 Å². The molecule has 4 nitrogen and oxygen atoms in total. The Labute approximate surface area is 128 Å². The minimum Gasteiger partial charge on any atom is -0.398 e. The van der Waals surface area contributed by atoms with E-state index >= 15 is 0 Å². The zero-order chi connectivity index (χ0) is 16.0. The second-order valence-electron chi connectivity index (χ2n) is 6.30. The molecule has 118 valence electrons. The van der Waals surface area contributed by atoms with Crippen LogP contribution in [0.25, 0.3) is 0 Å². The number of nitrogen functional groups attached to an aromatic ring is 1. The lowest BCUT2D eigenvalue weighted by atomic mass is 10.1. The Hall–Kier alpha value is -1.55. The predicted molar refractivity (Wildman–Crippen MR) is 90.4 cm³/mol. The van der Waals surface area contributed by atoms with Gasteiger partial charge in [0.25, 0.3) is 0 Å². The van der Waals surface area contributed by atoms with Crippen LogP contribution in [0.3, 0.4) is 0 Å². The maximum atomic E-state index is 12.1. The van der Waals surface area contributed by atoms with Gasteiger partial charge in [0.1, 0.15) is 0 Å². The number of hydrogen-bond donors (Lipinski definition) is 2. The number of rotatable bonds is 7. The molecule has 3 N–H and O–H groups in total. The van der Waals surface area contributed by atoms with Gasteiger partial charge in [0.2, 0.25) is 5.91 Å². The third-order valence-electron chi connectivity index (χ3n) is 3.61. The number of carbonyl (C=O) groups excluding carboxylic acids is 1. The highest BCUT2D eigenvalue weighted by atomic mass is 16.1. The average Bonchev–Trinajstić information content (AvgIpc) is 2.39. The van der Waals surface area contributed by atoms with E-state index in [2.05, 4.69) is 37.9 Å². The summed E-state index contributed by atoms with van der Waals surface area (Å²) >= 11 is 0. The number of nitrogens with two attached hydrogens (primary N) is 1. The maximum Gasteiger partial charge on any atom is 0.225 e. The third-order valence-corrected chi connectivity index (χ3v) is 3.61. The van der Waals surface area contributed by atoms with Crippen molar-refractivity contribution in [3.8, 4) is 0 Å². The Morgan fingerprint density at radius 1 is 1.29 bits per heavy atom. The van der Waals surface area contributed by atoms with Crippen molar-refractivity contribution in [1.29, 1.82) is 0 Å². The van der Waals surface area contributed by atoms with Gasteiger partial charge in [-0.05, 0) is 44.4 Å². The van der Waals surface area contributed by atoms with Gasteiger partial charge in [0.05, 0.1) is 0 Å². The SMILES string of the molecule is Cc1c(N)cccc1NC(=O)CCN(CC(C)C)C(C)C. The molecule has 1 aromatic carbocycles. The predicted octanol–water partition coefficient (Wildman–Crippen LogP) is 3.27. The Kier molecular flexibility index (Phi) is 6.69. The van der Waals surface area contributed by atoms with E-state index in [9.17, 15) is 4.79 Å². The van der Waals surface area contributed by atoms with E-state index < -0.39 is 0 Å². The highest BCUT2D eigenvalue weighted by Crippen LogP contribution is 2.20. The number of anilines is 2. The summed E-state index contributed by atoms with van der Waals surface area (Å²) in [6.45, 7) is 12.5. The average molecular weight is 291 g/mol. The van der Waals surface area contributed by atoms with Gasteiger partial charge in [0.15, 0.2) is 0 Å². The molecule has 0 fully saturated rings. The molecule has 0 saturated heterocycles. The number of hydrogen-bond acceptors (Lipinski definition) is 3. The second kappa shape index (κ2) is 8.03. The number of amides is 1. The van der Waals surface area contributed by atoms with Crippen LogP contribution < -0.4 is 11.1 Å². The lowest BCUT2D eigenvalue weighted by Gasteiger charge is -2.28. The Morgan fingerprint density at radius 3 is 2.52 bits per heavy atom. The number of carbonyl (C=O) groups is 1. The van der Waals surface area contributed by atoms with Crippen molar-refractivity contribution in [2.24, 2.45) is 5.92 Å². The Balaban J connectivity index is 2.55. The van der Waals surface area contributed by atoms with Gasteiger partial charge in [-0.25, -0.2) is 0 Å². The smallest absolute Gasteiger partial charge is 0.225 e. The van der Waals surface area contributed by atoms with Crippen molar-refractivity contribution < 1.29 is 4.79 Å². The summed E-state index contributed by atoms with van der Waals surface area (Å²) in [6.07, 6.45) is 0.499. The standard InChI is InChI=1S/C17H29N3O/c1-12(2)11-20(13(3)4)10-9-17(21)19-16-8-6-7-15(18)14(16)5/h6-8,12-13H,9-11,18H2,1-5H3,(H,19,21). The molecule has 0 heterocycles. The number of benzene rings is 1. The fourth-order valence-corrected chi connectivity index (χ4v) is 2.28. The first kappa shape index (κ1) is 17.5. The minimum absolute atomic E-state index is 0.0399. The first-order valence-electron chi connectivity index (χ1n) is 7.70. The molecule has 0 aromatic heterocycles. The molecule has 1 amide bonds. The molecule has 0 radical (unpaired) electrons. The molecule has 0 saturated carbocycles. The van der Waals surface area contributed by atoms with Crippen LogP contribution in [0.1, 0.15) is 39.7 Å². The zero-order valence-electron chi connectivity index (χ0n) is 13.9. The van der Waals surface area contributed by atoms with Crippen molar-refractivity contribution in [2.45, 2.75) is 47.1 Å². The van der Waals surface area contributed by atoms with E-state index in [4.69, 9.17) is 5.73 Å². The van der Waals surface area contributed by atoms with E-state index in [1.165, 1.54) is 0 Å². The molecule has 1 rings (SSSR count). The fourth-order valence-electron chi connectivity index (χ4n) is 2.28. The van der Waals surface area contributed by atoms with Crippen molar-refractivity contribution in [1.82, 2.24) is 4.90 Å². The molecule has 21 heavy (non-hydrogen) atoms. The molecule has 1 aromatic rings. The molecule has 0 aliphatic carbocycles. The number of nitrogens with zero attached hydrogens (tertiary/aromatic N) is 1. The summed E-state index contributed by atoms with van der Waals surface area (Å²) in [5.74, 6) is 0.643. The van der Waals surface area contributed by atoms with Crippen LogP contribution in [0, 0.1) is 12.8 Å². The first-order chi connectivity index (χ1) is 9.81. The van der Waals surface area contributed by atoms with Gasteiger partial charge in [0, 0.05) is 36.9 Å². The molecule has 4 heteroatoms. The van der Waals surface area contributed by atoms with Crippen LogP contribution >= 0.6 is 0 Å². The quantitative estimate of drug-likeness (QED) is 0.758. The topological polar surface area (TPSA) is 58.4 Å². The first-order valence-corrected chi connectivity index (χ1v) is 7.70. The highest BCUT2D eigenvalue weighted by Gasteiger charge is 2.13. The molecule has 0 atom stereocenters. The van der Waals surface area contributed by atoms with E-state index in [1.807, 2.05) is 25.1 Å². The van der Waals surface area contributed by atoms with Crippen LogP contribution in [0.5, 0.6) is 0 Å². The summed E-state index contributed by atoms with van der Waals surface area (Å²) in [5, 5.41) is 2.95. The minimum atomic E-state index is 0.0399. The largest absolute Gasteiger partial charge is 0.398 e. The molecule has 0 aliphatic heterocycles. The van der Waals surface area contributed by atoms with Crippen molar-refractivity contribution in [3.63, 3.8) is 0 Å². The Bertz CT molecular complexity index is 469. The van der Waals surface area contributed by atoms with Gasteiger partial charge in [-0.3, -0.25) is 4.79 Å². The monoisotopic (exact) mass is 291 g/mol. The summed E-state index contributed by atoms with van der Waals surface area (Å²) in [5.41, 5.74) is 8.29. The van der Waals surface area contributed by atoms with Crippen molar-refractivity contribution >= 4 is 17.3 Å². The highest BCUT2D eigenvalue weighted by molar-refractivity contribution is 5.92. The molecule has 0 bridgehead atoms. The second-order valence-corrected chi connectivity index (χ2v) is 6.30. The van der Waals surface area contributed by atoms with Crippen LogP contribution in [-0.4, -0.2) is 29.9 Å². The molecule has 0 aliphatic rings. The summed E-state index contributed by atoms with van der Waals surface area (Å²) in [4.78, 5) is 14.5. The van der Waals surface area contributed by atoms with Crippen molar-refractivity contribution in [3.05, 3.63) is 23.8 Å². The maximum absolute atomic E-state index is 12.1. The lowest BCUT2D eigenvalue weighted by molar-refractivity contribution is -0.116. The Morgan fingerprint density at radius 2 is 1.95 bits per heavy atom. The molecular weight excluding hydrogens is 262 g/mol. The van der Waals surface area contributed by atoms with E-state index in [-0.39, 0.29) is 5.91 Å². The summed E-state index contributed by atoms with van der Waals surface area (Å²) in [7, 11) is 0. The van der Waals surface area contributed by atoms with E-state index in [0.29, 0.717) is 24.1 Å². The third kappa shape index (κ3) is 5.76. The van der Waals surface area contributed by atoms with Gasteiger partial charge in [-0.2, -0.15) is 0 Å². The van der Waals surface area contributed by atoms with Gasteiger partial charge >= 0.3 is 0 Å². The fraction of sp³-hybridized carbons (Fsp3) is 0.588. The van der Waals surface area contributed by atoms with Crippen LogP contribution in [0.2, 0.25) is 0 Å². The normalized spacial score (nSPS) is 11.4. The zero-order valence-corrected chi connectivity index (χ0v) is 13.9. The van der Waals surface area contributed by atoms with E-state index in [1.54, 1.807) is 0 Å². The van der Waals surface area contributed by atoms with Gasteiger partial charge in [-0.15, -0.1) is 0 Å². The molecule has 0 unspecified atom stereocenters. The van der Waals surface area contributed by atoms with Crippen LogP contribution in [-0.2, 0) is 4.79 Å². The van der Waals surface area contributed by atoms with Gasteiger partial charge in [-0.1, -0.05) is 19.9 Å². The summed E-state index contributed by atoms with van der Waals surface area (Å²) in [6, 6.07) is 6.04. The van der Waals surface area contributed by atoms with Crippen LogP contribution in [0.15, 0.2) is 18.2 Å². The molecular formula is C17H29N3O. The lowest BCUT2D eigenvalue weighted by Crippen LogP contribution is -2.36. The molecule has 0 spiro atoms. The van der Waals surface area contributed by atoms with Crippen LogP contribution in [0.4, 0.5) is 11.4 Å². The van der Waals surface area contributed by atoms with Gasteiger partial charge < -0.3 is 16.0 Å².